The molecule has 4 atom stereocenters. The molecule has 1 fully saturated rings. The van der Waals surface area contributed by atoms with E-state index in [1.165, 1.54) is 17.2 Å². The lowest BCUT2D eigenvalue weighted by Gasteiger charge is -2.16. The van der Waals surface area contributed by atoms with Crippen molar-refractivity contribution in [3.63, 3.8) is 0 Å². The molecule has 0 aliphatic carbocycles. The molecule has 0 spiro atoms. The average Bonchev–Trinajstić information content (AvgIpc) is 3.32. The van der Waals surface area contributed by atoms with Gasteiger partial charge >= 0.3 is 7.82 Å². The third kappa shape index (κ3) is 3.70. The maximum atomic E-state index is 11.0. The van der Waals surface area contributed by atoms with Crippen molar-refractivity contribution in [2.24, 2.45) is 0 Å². The average molecular weight is 458 g/mol. The molecule has 166 valence electrons. The Labute approximate surface area is 181 Å². The molecule has 11 nitrogen and oxygen atoms in total. The van der Waals surface area contributed by atoms with Crippen molar-refractivity contribution in [2.75, 3.05) is 6.61 Å². The molecule has 2 aromatic heterocycles. The molecular weight excluding hydrogens is 439 g/mol. The van der Waals surface area contributed by atoms with Crippen LogP contribution in [0.2, 0.25) is 0 Å². The monoisotopic (exact) mass is 458 g/mol. The van der Waals surface area contributed by atoms with Gasteiger partial charge in [-0.2, -0.15) is 0 Å². The van der Waals surface area contributed by atoms with Crippen LogP contribution in [0.25, 0.3) is 33.2 Å². The van der Waals surface area contributed by atoms with Gasteiger partial charge in [-0.1, -0.05) is 42.5 Å². The van der Waals surface area contributed by atoms with Crippen molar-refractivity contribution in [1.29, 1.82) is 0 Å². The molecule has 1 aliphatic rings. The van der Waals surface area contributed by atoms with Crippen molar-refractivity contribution >= 4 is 29.8 Å². The fraction of sp³-hybridized carbons (Fsp3) is 0.250. The fourth-order valence-corrected chi connectivity index (χ4v) is 4.28. The van der Waals surface area contributed by atoms with Gasteiger partial charge in [-0.15, -0.1) is 0 Å². The lowest BCUT2D eigenvalue weighted by atomic mass is 10.0. The summed E-state index contributed by atoms with van der Waals surface area (Å²) in [4.78, 5) is 30.9. The van der Waals surface area contributed by atoms with Crippen molar-refractivity contribution < 1.29 is 33.8 Å². The highest BCUT2D eigenvalue weighted by molar-refractivity contribution is 7.46. The Morgan fingerprint density at radius 3 is 2.62 bits per heavy atom. The molecule has 0 unspecified atom stereocenters. The van der Waals surface area contributed by atoms with Gasteiger partial charge in [-0.3, -0.25) is 9.09 Å². The van der Waals surface area contributed by atoms with Crippen molar-refractivity contribution in [3.8, 4) is 11.3 Å². The number of rotatable bonds is 5. The van der Waals surface area contributed by atoms with Gasteiger partial charge in [-0.05, 0) is 10.8 Å². The SMILES string of the molecule is O=P(O)(O)OC[C@H]1O[C@@H](n2cnc3c(-c4cccc5ccccc45)ncnc32)[C@H](O)[C@@H]1O. The standard InChI is InChI=1S/C20H19N4O7P/c25-17-14(8-30-32(27,28)29)31-20(18(17)26)24-10-23-16-15(21-9-22-19(16)24)13-7-3-5-11-4-1-2-6-12(11)13/h1-7,9-10,14,17-18,20,25-26H,8H2,(H2,27,28,29)/t14-,17-,18-,20-/m1/s1. The van der Waals surface area contributed by atoms with Crippen molar-refractivity contribution in [2.45, 2.75) is 24.5 Å². The van der Waals surface area contributed by atoms with Gasteiger partial charge in [0.15, 0.2) is 11.9 Å². The van der Waals surface area contributed by atoms with Gasteiger partial charge in [0.25, 0.3) is 0 Å². The summed E-state index contributed by atoms with van der Waals surface area (Å²) in [5, 5.41) is 22.8. The Morgan fingerprint density at radius 2 is 1.81 bits per heavy atom. The minimum atomic E-state index is -4.76. The predicted octanol–water partition coefficient (Wildman–Crippen LogP) is 1.37. The van der Waals surface area contributed by atoms with Gasteiger partial charge in [0.05, 0.1) is 12.9 Å². The van der Waals surface area contributed by atoms with Crippen LogP contribution in [0.5, 0.6) is 0 Å². The minimum absolute atomic E-state index is 0.371. The fourth-order valence-electron chi connectivity index (χ4n) is 3.93. The van der Waals surface area contributed by atoms with E-state index < -0.39 is 39.0 Å². The molecule has 3 heterocycles. The number of phosphoric ester groups is 1. The third-order valence-corrected chi connectivity index (χ3v) is 5.91. The molecule has 4 N–H and O–H groups in total. The summed E-state index contributed by atoms with van der Waals surface area (Å²) in [7, 11) is -4.76. The predicted molar refractivity (Wildman–Crippen MR) is 112 cm³/mol. The highest BCUT2D eigenvalue weighted by atomic mass is 31.2. The molecule has 5 rings (SSSR count). The molecule has 4 aromatic rings. The Balaban J connectivity index is 1.53. The highest BCUT2D eigenvalue weighted by Crippen LogP contribution is 2.39. The second kappa shape index (κ2) is 7.98. The number of phosphoric acid groups is 1. The zero-order valence-corrected chi connectivity index (χ0v) is 17.4. The molecule has 0 saturated carbocycles. The summed E-state index contributed by atoms with van der Waals surface area (Å²) in [5.41, 5.74) is 2.31. The summed E-state index contributed by atoms with van der Waals surface area (Å²) in [6.45, 7) is -0.595. The van der Waals surface area contributed by atoms with Gasteiger partial charge in [0, 0.05) is 5.56 Å². The third-order valence-electron chi connectivity index (χ3n) is 5.42. The van der Waals surface area contributed by atoms with E-state index in [1.807, 2.05) is 42.5 Å². The van der Waals surface area contributed by atoms with Gasteiger partial charge in [0.2, 0.25) is 0 Å². The number of ether oxygens (including phenoxy) is 1. The summed E-state index contributed by atoms with van der Waals surface area (Å²) in [6, 6.07) is 13.7. The smallest absolute Gasteiger partial charge is 0.387 e. The summed E-state index contributed by atoms with van der Waals surface area (Å²) in [6.07, 6.45) is -2.27. The van der Waals surface area contributed by atoms with E-state index in [4.69, 9.17) is 14.5 Å². The number of imidazole rings is 1. The van der Waals surface area contributed by atoms with E-state index in [0.717, 1.165) is 16.3 Å². The van der Waals surface area contributed by atoms with Crippen LogP contribution in [0, 0.1) is 0 Å². The number of nitrogens with zero attached hydrogens (tertiary/aromatic N) is 4. The highest BCUT2D eigenvalue weighted by Gasteiger charge is 2.45. The summed E-state index contributed by atoms with van der Waals surface area (Å²) < 4.78 is 22.5. The van der Waals surface area contributed by atoms with Crippen LogP contribution in [0.4, 0.5) is 0 Å². The molecular formula is C20H19N4O7P. The normalized spacial score (nSPS) is 23.9. The molecule has 32 heavy (non-hydrogen) atoms. The van der Waals surface area contributed by atoms with Gasteiger partial charge in [-0.25, -0.2) is 19.5 Å². The lowest BCUT2D eigenvalue weighted by molar-refractivity contribution is -0.0504. The first-order chi connectivity index (χ1) is 15.3. The molecule has 0 amide bonds. The van der Waals surface area contributed by atoms with E-state index in [0.29, 0.717) is 16.9 Å². The molecule has 2 aromatic carbocycles. The number of aliphatic hydroxyl groups is 2. The number of aliphatic hydroxyl groups excluding tert-OH is 2. The second-order valence-electron chi connectivity index (χ2n) is 7.41. The largest absolute Gasteiger partial charge is 0.469 e. The maximum Gasteiger partial charge on any atom is 0.469 e. The first kappa shape index (κ1) is 21.1. The van der Waals surface area contributed by atoms with Crippen LogP contribution in [-0.2, 0) is 13.8 Å². The van der Waals surface area contributed by atoms with Crippen LogP contribution >= 0.6 is 7.82 Å². The number of hydrogen-bond acceptors (Lipinski definition) is 8. The second-order valence-corrected chi connectivity index (χ2v) is 8.65. The topological polar surface area (TPSA) is 160 Å². The van der Waals surface area contributed by atoms with E-state index in [-0.39, 0.29) is 0 Å². The van der Waals surface area contributed by atoms with Crippen LogP contribution in [0.15, 0.2) is 55.1 Å². The van der Waals surface area contributed by atoms with Crippen LogP contribution < -0.4 is 0 Å². The van der Waals surface area contributed by atoms with Gasteiger partial charge < -0.3 is 24.7 Å². The Kier molecular flexibility index (Phi) is 5.26. The number of fused-ring (bicyclic) bond motifs is 2. The Morgan fingerprint density at radius 1 is 1.03 bits per heavy atom. The summed E-state index contributed by atoms with van der Waals surface area (Å²) in [5.74, 6) is 0. The van der Waals surface area contributed by atoms with E-state index >= 15 is 0 Å². The Bertz CT molecular complexity index is 1330. The summed E-state index contributed by atoms with van der Waals surface area (Å²) >= 11 is 0. The lowest BCUT2D eigenvalue weighted by Crippen LogP contribution is -2.33. The van der Waals surface area contributed by atoms with E-state index in [9.17, 15) is 14.8 Å². The Hall–Kier alpha value is -2.76. The van der Waals surface area contributed by atoms with Crippen molar-refractivity contribution in [1.82, 2.24) is 19.5 Å². The zero-order valence-electron chi connectivity index (χ0n) is 16.5. The van der Waals surface area contributed by atoms with Crippen molar-refractivity contribution in [3.05, 3.63) is 55.1 Å². The first-order valence-corrected chi connectivity index (χ1v) is 11.2. The first-order valence-electron chi connectivity index (χ1n) is 9.71. The van der Waals surface area contributed by atoms with Crippen LogP contribution in [0.3, 0.4) is 0 Å². The molecule has 12 heteroatoms. The number of hydrogen-bond donors (Lipinski definition) is 4. The molecule has 0 radical (unpaired) electrons. The van der Waals surface area contributed by atoms with E-state index in [2.05, 4.69) is 19.5 Å². The molecule has 1 saturated heterocycles. The number of aromatic nitrogens is 4. The van der Waals surface area contributed by atoms with Crippen LogP contribution in [-0.4, -0.2) is 64.4 Å². The molecule has 0 bridgehead atoms. The van der Waals surface area contributed by atoms with Crippen LogP contribution in [0.1, 0.15) is 6.23 Å². The molecule has 1 aliphatic heterocycles. The minimum Gasteiger partial charge on any atom is -0.387 e. The number of benzene rings is 2. The van der Waals surface area contributed by atoms with Gasteiger partial charge in [0.1, 0.15) is 35.8 Å². The maximum absolute atomic E-state index is 11.0. The van der Waals surface area contributed by atoms with E-state index in [1.54, 1.807) is 0 Å². The quantitative estimate of drug-likeness (QED) is 0.322. The zero-order chi connectivity index (χ0) is 22.5.